The van der Waals surface area contributed by atoms with Gasteiger partial charge in [-0.1, -0.05) is 6.42 Å². The maximum Gasteiger partial charge on any atom is 0.237 e. The third-order valence-electron chi connectivity index (χ3n) is 3.50. The zero-order valence-electron chi connectivity index (χ0n) is 11.4. The van der Waals surface area contributed by atoms with Gasteiger partial charge in [-0.25, -0.2) is 0 Å². The van der Waals surface area contributed by atoms with Gasteiger partial charge in [-0.2, -0.15) is 5.10 Å². The minimum absolute atomic E-state index is 0.00919. The number of aryl methyl sites for hydroxylation is 2. The van der Waals surface area contributed by atoms with E-state index in [0.717, 1.165) is 30.6 Å². The summed E-state index contributed by atoms with van der Waals surface area (Å²) in [7, 11) is 1.90. The zero-order chi connectivity index (χ0) is 13.1. The summed E-state index contributed by atoms with van der Waals surface area (Å²) in [6.07, 6.45) is 5.20. The lowest BCUT2D eigenvalue weighted by Crippen LogP contribution is -2.47. The summed E-state index contributed by atoms with van der Waals surface area (Å²) in [6.45, 7) is 4.92. The monoisotopic (exact) mass is 250 g/mol. The van der Waals surface area contributed by atoms with E-state index in [9.17, 15) is 4.79 Å². The minimum atomic E-state index is -0.0295. The smallest absolute Gasteiger partial charge is 0.237 e. The molecule has 5 nitrogen and oxygen atoms in total. The summed E-state index contributed by atoms with van der Waals surface area (Å²) in [5.74, 6) is 0.102. The second kappa shape index (κ2) is 5.52. The highest BCUT2D eigenvalue weighted by Gasteiger charge is 2.23. The molecule has 5 heteroatoms. The zero-order valence-corrected chi connectivity index (χ0v) is 11.4. The van der Waals surface area contributed by atoms with Gasteiger partial charge in [0, 0.05) is 18.8 Å². The van der Waals surface area contributed by atoms with Gasteiger partial charge >= 0.3 is 0 Å². The number of piperidine rings is 1. The quantitative estimate of drug-likeness (QED) is 0.843. The second-order valence-electron chi connectivity index (χ2n) is 5.08. The van der Waals surface area contributed by atoms with Crippen LogP contribution in [0.1, 0.15) is 43.5 Å². The van der Waals surface area contributed by atoms with E-state index < -0.39 is 0 Å². The summed E-state index contributed by atoms with van der Waals surface area (Å²) in [4.78, 5) is 12.1. The molecule has 18 heavy (non-hydrogen) atoms. The number of aromatic nitrogens is 2. The molecule has 0 radical (unpaired) electrons. The molecule has 1 fully saturated rings. The lowest BCUT2D eigenvalue weighted by molar-refractivity contribution is -0.124. The van der Waals surface area contributed by atoms with Crippen molar-refractivity contribution >= 4 is 5.91 Å². The van der Waals surface area contributed by atoms with Gasteiger partial charge in [-0.15, -0.1) is 0 Å². The van der Waals surface area contributed by atoms with Crippen LogP contribution in [0.3, 0.4) is 0 Å². The number of rotatable bonds is 3. The van der Waals surface area contributed by atoms with Crippen molar-refractivity contribution in [3.05, 3.63) is 17.5 Å². The predicted octanol–water partition coefficient (Wildman–Crippen LogP) is 1.05. The van der Waals surface area contributed by atoms with Crippen LogP contribution >= 0.6 is 0 Å². The van der Waals surface area contributed by atoms with Crippen LogP contribution < -0.4 is 10.6 Å². The Morgan fingerprint density at radius 1 is 1.61 bits per heavy atom. The number of hydrogen-bond donors (Lipinski definition) is 2. The highest BCUT2D eigenvalue weighted by atomic mass is 16.2. The lowest BCUT2D eigenvalue weighted by atomic mass is 10.0. The van der Waals surface area contributed by atoms with Crippen LogP contribution in [0.25, 0.3) is 0 Å². The fraction of sp³-hybridized carbons (Fsp3) is 0.692. The Morgan fingerprint density at radius 3 is 2.94 bits per heavy atom. The van der Waals surface area contributed by atoms with E-state index in [1.807, 2.05) is 27.1 Å². The Bertz CT molecular complexity index is 421. The maximum absolute atomic E-state index is 12.1. The van der Waals surface area contributed by atoms with Crippen LogP contribution in [0.5, 0.6) is 0 Å². The Hall–Kier alpha value is -1.36. The standard InChI is InChI=1S/C13H22N4O/c1-9(11-8-17(3)16-10(11)2)15-13(18)12-6-4-5-7-14-12/h8-9,12,14H,4-7H2,1-3H3,(H,15,18)/t9-,12-/m0/s1. The molecule has 1 aromatic heterocycles. The molecular formula is C13H22N4O. The van der Waals surface area contributed by atoms with Crippen molar-refractivity contribution < 1.29 is 4.79 Å². The van der Waals surface area contributed by atoms with E-state index in [1.54, 1.807) is 4.68 Å². The van der Waals surface area contributed by atoms with Gasteiger partial charge in [0.1, 0.15) is 0 Å². The fourth-order valence-electron chi connectivity index (χ4n) is 2.51. The molecule has 1 aliphatic rings. The van der Waals surface area contributed by atoms with Crippen molar-refractivity contribution in [2.24, 2.45) is 7.05 Å². The molecule has 2 N–H and O–H groups in total. The maximum atomic E-state index is 12.1. The van der Waals surface area contributed by atoms with Gasteiger partial charge in [0.2, 0.25) is 5.91 Å². The average Bonchev–Trinajstić information content (AvgIpc) is 2.69. The van der Waals surface area contributed by atoms with Crippen LogP contribution in [0.15, 0.2) is 6.20 Å². The SMILES string of the molecule is Cc1nn(C)cc1[C@H](C)NC(=O)[C@@H]1CCCCN1. The average molecular weight is 250 g/mol. The summed E-state index contributed by atoms with van der Waals surface area (Å²) in [6, 6.07) is -0.0203. The van der Waals surface area contributed by atoms with Gasteiger partial charge in [0.25, 0.3) is 0 Å². The first-order valence-corrected chi connectivity index (χ1v) is 6.62. The molecule has 2 heterocycles. The Morgan fingerprint density at radius 2 is 2.39 bits per heavy atom. The molecule has 0 unspecified atom stereocenters. The number of nitrogens with zero attached hydrogens (tertiary/aromatic N) is 2. The van der Waals surface area contributed by atoms with Crippen molar-refractivity contribution in [2.75, 3.05) is 6.54 Å². The lowest BCUT2D eigenvalue weighted by Gasteiger charge is -2.24. The fourth-order valence-corrected chi connectivity index (χ4v) is 2.51. The number of amides is 1. The molecule has 1 amide bonds. The third-order valence-corrected chi connectivity index (χ3v) is 3.50. The molecule has 100 valence electrons. The number of carbonyl (C=O) groups excluding carboxylic acids is 1. The molecule has 1 saturated heterocycles. The summed E-state index contributed by atoms with van der Waals surface area (Å²) < 4.78 is 1.78. The van der Waals surface area contributed by atoms with Crippen molar-refractivity contribution in [3.63, 3.8) is 0 Å². The molecule has 2 atom stereocenters. The van der Waals surface area contributed by atoms with E-state index in [1.165, 1.54) is 6.42 Å². The van der Waals surface area contributed by atoms with E-state index in [0.29, 0.717) is 0 Å². The Labute approximate surface area is 108 Å². The Balaban J connectivity index is 1.96. The molecule has 0 aliphatic carbocycles. The van der Waals surface area contributed by atoms with Crippen molar-refractivity contribution in [2.45, 2.75) is 45.2 Å². The normalized spacial score (nSPS) is 21.6. The number of hydrogen-bond acceptors (Lipinski definition) is 3. The molecular weight excluding hydrogens is 228 g/mol. The van der Waals surface area contributed by atoms with E-state index in [2.05, 4.69) is 15.7 Å². The molecule has 0 saturated carbocycles. The van der Waals surface area contributed by atoms with Crippen LogP contribution in [-0.2, 0) is 11.8 Å². The van der Waals surface area contributed by atoms with Gasteiger partial charge in [-0.05, 0) is 33.2 Å². The third kappa shape index (κ3) is 2.90. The molecule has 1 aliphatic heterocycles. The van der Waals surface area contributed by atoms with E-state index in [-0.39, 0.29) is 18.0 Å². The van der Waals surface area contributed by atoms with Crippen molar-refractivity contribution in [3.8, 4) is 0 Å². The summed E-state index contributed by atoms with van der Waals surface area (Å²) in [5, 5.41) is 10.6. The van der Waals surface area contributed by atoms with Crippen LogP contribution in [0.4, 0.5) is 0 Å². The topological polar surface area (TPSA) is 59.0 Å². The molecule has 0 bridgehead atoms. The van der Waals surface area contributed by atoms with Gasteiger partial charge in [0.15, 0.2) is 0 Å². The summed E-state index contributed by atoms with van der Waals surface area (Å²) >= 11 is 0. The second-order valence-corrected chi connectivity index (χ2v) is 5.08. The number of carbonyl (C=O) groups is 1. The first-order chi connectivity index (χ1) is 8.58. The van der Waals surface area contributed by atoms with Crippen LogP contribution in [-0.4, -0.2) is 28.3 Å². The highest BCUT2D eigenvalue weighted by molar-refractivity contribution is 5.82. The largest absolute Gasteiger partial charge is 0.348 e. The van der Waals surface area contributed by atoms with E-state index in [4.69, 9.17) is 0 Å². The molecule has 0 aromatic carbocycles. The van der Waals surface area contributed by atoms with Crippen molar-refractivity contribution in [1.29, 1.82) is 0 Å². The van der Waals surface area contributed by atoms with Gasteiger partial charge in [-0.3, -0.25) is 9.48 Å². The van der Waals surface area contributed by atoms with Crippen LogP contribution in [0.2, 0.25) is 0 Å². The first kappa shape index (κ1) is 13.1. The first-order valence-electron chi connectivity index (χ1n) is 6.62. The minimum Gasteiger partial charge on any atom is -0.348 e. The summed E-state index contributed by atoms with van der Waals surface area (Å²) in [5.41, 5.74) is 2.06. The Kier molecular flexibility index (Phi) is 4.01. The molecule has 2 rings (SSSR count). The van der Waals surface area contributed by atoms with E-state index >= 15 is 0 Å². The molecule has 0 spiro atoms. The van der Waals surface area contributed by atoms with Gasteiger partial charge in [0.05, 0.1) is 17.8 Å². The van der Waals surface area contributed by atoms with Gasteiger partial charge < -0.3 is 10.6 Å². The van der Waals surface area contributed by atoms with Crippen molar-refractivity contribution in [1.82, 2.24) is 20.4 Å². The highest BCUT2D eigenvalue weighted by Crippen LogP contribution is 2.16. The molecule has 1 aromatic rings. The van der Waals surface area contributed by atoms with Crippen LogP contribution in [0, 0.1) is 6.92 Å². The number of nitrogens with one attached hydrogen (secondary N) is 2. The predicted molar refractivity (Wildman–Crippen MR) is 70.1 cm³/mol.